The van der Waals surface area contributed by atoms with Crippen LogP contribution in [0.1, 0.15) is 18.5 Å². The Labute approximate surface area is 98.9 Å². The largest absolute Gasteiger partial charge is 0.465 e. The van der Waals surface area contributed by atoms with Gasteiger partial charge in [-0.2, -0.15) is 5.10 Å². The average molecular weight is 240 g/mol. The van der Waals surface area contributed by atoms with Gasteiger partial charge in [0.2, 0.25) is 5.91 Å². The van der Waals surface area contributed by atoms with Crippen molar-refractivity contribution in [1.82, 2.24) is 15.1 Å². The topological polar surface area (TPSA) is 99.2 Å². The maximum atomic E-state index is 11.6. The minimum absolute atomic E-state index is 0.180. The van der Waals surface area contributed by atoms with Crippen LogP contribution >= 0.6 is 0 Å². The van der Waals surface area contributed by atoms with Crippen LogP contribution in [0, 0.1) is 0 Å². The highest BCUT2D eigenvalue weighted by molar-refractivity contribution is 5.86. The van der Waals surface area contributed by atoms with Gasteiger partial charge in [-0.25, -0.2) is 0 Å². The molecule has 1 unspecified atom stereocenters. The van der Waals surface area contributed by atoms with Crippen molar-refractivity contribution >= 4 is 11.9 Å². The van der Waals surface area contributed by atoms with Gasteiger partial charge in [0.05, 0.1) is 12.8 Å². The quantitative estimate of drug-likeness (QED) is 0.650. The van der Waals surface area contributed by atoms with Crippen molar-refractivity contribution in [3.63, 3.8) is 0 Å². The molecule has 7 heteroatoms. The van der Waals surface area contributed by atoms with E-state index in [1.54, 1.807) is 24.9 Å². The van der Waals surface area contributed by atoms with E-state index < -0.39 is 17.9 Å². The van der Waals surface area contributed by atoms with E-state index in [2.05, 4.69) is 15.2 Å². The first-order valence-electron chi connectivity index (χ1n) is 5.22. The van der Waals surface area contributed by atoms with Crippen LogP contribution < -0.4 is 11.1 Å². The SMILES string of the molecule is CCOC(=O)CNC(=O)C(N)c1cnn(C)c1. The van der Waals surface area contributed by atoms with Crippen LogP contribution in [0.25, 0.3) is 0 Å². The van der Waals surface area contributed by atoms with Crippen LogP contribution in [0.3, 0.4) is 0 Å². The minimum atomic E-state index is -0.835. The second-order valence-electron chi connectivity index (χ2n) is 3.45. The van der Waals surface area contributed by atoms with E-state index in [0.29, 0.717) is 5.56 Å². The van der Waals surface area contributed by atoms with E-state index >= 15 is 0 Å². The fourth-order valence-electron chi connectivity index (χ4n) is 1.23. The molecule has 3 N–H and O–H groups in total. The molecule has 1 rings (SSSR count). The Morgan fingerprint density at radius 2 is 2.35 bits per heavy atom. The smallest absolute Gasteiger partial charge is 0.325 e. The maximum absolute atomic E-state index is 11.6. The molecule has 17 heavy (non-hydrogen) atoms. The highest BCUT2D eigenvalue weighted by Gasteiger charge is 2.17. The number of carbonyl (C=O) groups excluding carboxylic acids is 2. The summed E-state index contributed by atoms with van der Waals surface area (Å²) < 4.78 is 6.22. The van der Waals surface area contributed by atoms with Gasteiger partial charge in [0.1, 0.15) is 12.6 Å². The molecule has 0 spiro atoms. The summed E-state index contributed by atoms with van der Waals surface area (Å²) in [6.45, 7) is 1.80. The molecule has 0 saturated heterocycles. The molecule has 7 nitrogen and oxygen atoms in total. The number of amides is 1. The zero-order valence-electron chi connectivity index (χ0n) is 9.84. The molecule has 0 aliphatic carbocycles. The first-order valence-corrected chi connectivity index (χ1v) is 5.22. The van der Waals surface area contributed by atoms with Gasteiger partial charge in [0.25, 0.3) is 0 Å². The second kappa shape index (κ2) is 6.00. The molecule has 1 atom stereocenters. The zero-order chi connectivity index (χ0) is 12.8. The summed E-state index contributed by atoms with van der Waals surface area (Å²) >= 11 is 0. The van der Waals surface area contributed by atoms with Crippen LogP contribution in [0.2, 0.25) is 0 Å². The van der Waals surface area contributed by atoms with Crippen molar-refractivity contribution in [3.8, 4) is 0 Å². The zero-order valence-corrected chi connectivity index (χ0v) is 9.84. The number of hydrogen-bond acceptors (Lipinski definition) is 5. The molecule has 94 valence electrons. The third-order valence-electron chi connectivity index (χ3n) is 2.08. The van der Waals surface area contributed by atoms with E-state index in [1.807, 2.05) is 0 Å². The Bertz CT molecular complexity index is 402. The van der Waals surface area contributed by atoms with Crippen molar-refractivity contribution < 1.29 is 14.3 Å². The predicted octanol–water partition coefficient (Wildman–Crippen LogP) is -0.901. The molecule has 1 aromatic heterocycles. The van der Waals surface area contributed by atoms with E-state index in [9.17, 15) is 9.59 Å². The standard InChI is InChI=1S/C10H16N4O3/c1-3-17-8(15)5-12-10(16)9(11)7-4-13-14(2)6-7/h4,6,9H,3,5,11H2,1-2H3,(H,12,16). The molecule has 0 aromatic carbocycles. The van der Waals surface area contributed by atoms with E-state index in [1.165, 1.54) is 6.20 Å². The summed E-state index contributed by atoms with van der Waals surface area (Å²) in [5.41, 5.74) is 6.29. The Hall–Kier alpha value is -1.89. The Kier molecular flexibility index (Phi) is 4.65. The number of hydrogen-bond donors (Lipinski definition) is 2. The highest BCUT2D eigenvalue weighted by Crippen LogP contribution is 2.07. The van der Waals surface area contributed by atoms with Gasteiger partial charge in [-0.3, -0.25) is 14.3 Å². The molecule has 1 heterocycles. The van der Waals surface area contributed by atoms with Gasteiger partial charge in [-0.1, -0.05) is 0 Å². The number of esters is 1. The van der Waals surface area contributed by atoms with Crippen molar-refractivity contribution in [2.24, 2.45) is 12.8 Å². The van der Waals surface area contributed by atoms with Gasteiger partial charge in [-0.05, 0) is 6.92 Å². The van der Waals surface area contributed by atoms with Crippen LogP contribution in [-0.4, -0.2) is 34.8 Å². The van der Waals surface area contributed by atoms with Crippen molar-refractivity contribution in [1.29, 1.82) is 0 Å². The molecule has 1 amide bonds. The van der Waals surface area contributed by atoms with Gasteiger partial charge >= 0.3 is 5.97 Å². The first-order chi connectivity index (χ1) is 8.04. The molecule has 0 fully saturated rings. The number of aryl methyl sites for hydroxylation is 1. The number of nitrogens with one attached hydrogen (secondary N) is 1. The Morgan fingerprint density at radius 3 is 2.88 bits per heavy atom. The van der Waals surface area contributed by atoms with Crippen molar-refractivity contribution in [2.45, 2.75) is 13.0 Å². The van der Waals surface area contributed by atoms with Gasteiger partial charge in [-0.15, -0.1) is 0 Å². The van der Waals surface area contributed by atoms with E-state index in [4.69, 9.17) is 5.73 Å². The summed E-state index contributed by atoms with van der Waals surface area (Å²) in [6.07, 6.45) is 3.16. The molecule has 1 aromatic rings. The first kappa shape index (κ1) is 13.2. The minimum Gasteiger partial charge on any atom is -0.465 e. The third-order valence-corrected chi connectivity index (χ3v) is 2.08. The Morgan fingerprint density at radius 1 is 1.65 bits per heavy atom. The lowest BCUT2D eigenvalue weighted by Crippen LogP contribution is -2.37. The number of nitrogens with two attached hydrogens (primary N) is 1. The van der Waals surface area contributed by atoms with E-state index in [0.717, 1.165) is 0 Å². The molecule has 0 radical (unpaired) electrons. The number of carbonyl (C=O) groups is 2. The number of rotatable bonds is 5. The average Bonchev–Trinajstić information content (AvgIpc) is 2.72. The normalized spacial score (nSPS) is 11.9. The monoisotopic (exact) mass is 240 g/mol. The summed E-state index contributed by atoms with van der Waals surface area (Å²) in [7, 11) is 1.73. The lowest BCUT2D eigenvalue weighted by molar-refractivity contribution is -0.143. The summed E-state index contributed by atoms with van der Waals surface area (Å²) in [5.74, 6) is -0.926. The van der Waals surface area contributed by atoms with Crippen LogP contribution in [0.15, 0.2) is 12.4 Å². The van der Waals surface area contributed by atoms with Gasteiger partial charge in [0, 0.05) is 18.8 Å². The molecule has 0 aliphatic heterocycles. The third kappa shape index (κ3) is 3.87. The van der Waals surface area contributed by atoms with Gasteiger partial charge < -0.3 is 15.8 Å². The second-order valence-corrected chi connectivity index (χ2v) is 3.45. The summed E-state index contributed by atoms with van der Waals surface area (Å²) in [4.78, 5) is 22.6. The van der Waals surface area contributed by atoms with Crippen molar-refractivity contribution in [3.05, 3.63) is 18.0 Å². The molecule has 0 saturated carbocycles. The summed E-state index contributed by atoms with van der Waals surface area (Å²) in [6, 6.07) is -0.835. The molecular weight excluding hydrogens is 224 g/mol. The molecular formula is C10H16N4O3. The van der Waals surface area contributed by atoms with Crippen LogP contribution in [0.5, 0.6) is 0 Å². The van der Waals surface area contributed by atoms with Gasteiger partial charge in [0.15, 0.2) is 0 Å². The highest BCUT2D eigenvalue weighted by atomic mass is 16.5. The van der Waals surface area contributed by atoms with Crippen LogP contribution in [-0.2, 0) is 21.4 Å². The lowest BCUT2D eigenvalue weighted by atomic mass is 10.1. The number of nitrogens with zero attached hydrogens (tertiary/aromatic N) is 2. The lowest BCUT2D eigenvalue weighted by Gasteiger charge is -2.09. The fourth-order valence-corrected chi connectivity index (χ4v) is 1.23. The fraction of sp³-hybridized carbons (Fsp3) is 0.500. The number of ether oxygens (including phenoxy) is 1. The van der Waals surface area contributed by atoms with Crippen molar-refractivity contribution in [2.75, 3.05) is 13.2 Å². The predicted molar refractivity (Wildman–Crippen MR) is 59.8 cm³/mol. The Balaban J connectivity index is 2.45. The molecule has 0 bridgehead atoms. The number of aromatic nitrogens is 2. The summed E-state index contributed by atoms with van der Waals surface area (Å²) in [5, 5.41) is 6.31. The maximum Gasteiger partial charge on any atom is 0.325 e. The van der Waals surface area contributed by atoms with Crippen LogP contribution in [0.4, 0.5) is 0 Å². The van der Waals surface area contributed by atoms with E-state index in [-0.39, 0.29) is 13.2 Å². The molecule has 0 aliphatic rings.